The third-order valence-electron chi connectivity index (χ3n) is 2.10. The summed E-state index contributed by atoms with van der Waals surface area (Å²) in [6, 6.07) is 3.14. The summed E-state index contributed by atoms with van der Waals surface area (Å²) in [6.07, 6.45) is 2.79. The zero-order valence-corrected chi connectivity index (χ0v) is 11.8. The number of rotatable bonds is 4. The van der Waals surface area contributed by atoms with Crippen molar-refractivity contribution in [1.29, 1.82) is 0 Å². The second-order valence-corrected chi connectivity index (χ2v) is 6.28. The summed E-state index contributed by atoms with van der Waals surface area (Å²) < 4.78 is 31.8. The van der Waals surface area contributed by atoms with Crippen molar-refractivity contribution in [2.24, 2.45) is 0 Å². The molecule has 2 aromatic heterocycles. The Balaban J connectivity index is 2.13. The minimum atomic E-state index is -3.60. The van der Waals surface area contributed by atoms with Crippen LogP contribution < -0.4 is 4.72 Å². The molecule has 0 amide bonds. The number of pyridine rings is 1. The van der Waals surface area contributed by atoms with Crippen LogP contribution in [0, 0.1) is 6.92 Å². The van der Waals surface area contributed by atoms with Gasteiger partial charge in [-0.25, -0.2) is 13.1 Å². The molecule has 0 aliphatic carbocycles. The molecule has 2 heterocycles. The van der Waals surface area contributed by atoms with Gasteiger partial charge in [-0.05, 0) is 28.9 Å². The maximum absolute atomic E-state index is 11.9. The van der Waals surface area contributed by atoms with Crippen molar-refractivity contribution in [3.63, 3.8) is 0 Å². The van der Waals surface area contributed by atoms with E-state index in [-0.39, 0.29) is 11.4 Å². The molecule has 0 spiro atoms. The van der Waals surface area contributed by atoms with Crippen LogP contribution in [0.4, 0.5) is 0 Å². The third-order valence-corrected chi connectivity index (χ3v) is 3.91. The largest absolute Gasteiger partial charge is 0.360 e. The standard InChI is InChI=1S/C10H10BrN3O3S/c1-7-2-9(17-14-7)5-13-18(15,16)10-3-8(11)4-12-6-10/h2-4,6,13H,5H2,1H3. The Morgan fingerprint density at radius 2 is 2.17 bits per heavy atom. The smallest absolute Gasteiger partial charge is 0.242 e. The van der Waals surface area contributed by atoms with Crippen molar-refractivity contribution in [3.8, 4) is 0 Å². The fourth-order valence-electron chi connectivity index (χ4n) is 1.29. The zero-order valence-electron chi connectivity index (χ0n) is 9.42. The quantitative estimate of drug-likeness (QED) is 0.920. The first-order valence-corrected chi connectivity index (χ1v) is 7.27. The van der Waals surface area contributed by atoms with Crippen molar-refractivity contribution in [1.82, 2.24) is 14.9 Å². The lowest BCUT2D eigenvalue weighted by Crippen LogP contribution is -2.23. The van der Waals surface area contributed by atoms with Gasteiger partial charge in [-0.2, -0.15) is 0 Å². The van der Waals surface area contributed by atoms with E-state index in [0.717, 1.165) is 0 Å². The molecule has 8 heteroatoms. The van der Waals surface area contributed by atoms with Crippen LogP contribution in [0.1, 0.15) is 11.5 Å². The molecule has 2 rings (SSSR count). The second kappa shape index (κ2) is 5.17. The van der Waals surface area contributed by atoms with E-state index in [1.165, 1.54) is 18.5 Å². The zero-order chi connectivity index (χ0) is 13.2. The first-order valence-electron chi connectivity index (χ1n) is 5.00. The molecule has 0 bridgehead atoms. The van der Waals surface area contributed by atoms with Gasteiger partial charge in [0.2, 0.25) is 10.0 Å². The van der Waals surface area contributed by atoms with Gasteiger partial charge in [-0.3, -0.25) is 4.98 Å². The molecule has 0 fully saturated rings. The summed E-state index contributed by atoms with van der Waals surface area (Å²) in [5.74, 6) is 0.457. The summed E-state index contributed by atoms with van der Waals surface area (Å²) in [6.45, 7) is 1.81. The van der Waals surface area contributed by atoms with Crippen LogP contribution in [-0.2, 0) is 16.6 Å². The van der Waals surface area contributed by atoms with Gasteiger partial charge in [0.1, 0.15) is 4.90 Å². The van der Waals surface area contributed by atoms with E-state index in [4.69, 9.17) is 4.52 Å². The number of sulfonamides is 1. The van der Waals surface area contributed by atoms with E-state index in [1.807, 2.05) is 0 Å². The van der Waals surface area contributed by atoms with Crippen LogP contribution in [0.15, 0.2) is 38.4 Å². The molecular formula is C10H10BrN3O3S. The van der Waals surface area contributed by atoms with Crippen LogP contribution in [0.2, 0.25) is 0 Å². The Kier molecular flexibility index (Phi) is 3.79. The van der Waals surface area contributed by atoms with Crippen LogP contribution in [0.3, 0.4) is 0 Å². The van der Waals surface area contributed by atoms with Crippen molar-refractivity contribution in [2.45, 2.75) is 18.4 Å². The molecule has 18 heavy (non-hydrogen) atoms. The maximum atomic E-state index is 11.9. The number of aryl methyl sites for hydroxylation is 1. The highest BCUT2D eigenvalue weighted by Gasteiger charge is 2.15. The van der Waals surface area contributed by atoms with Crippen LogP contribution in [0.25, 0.3) is 0 Å². The van der Waals surface area contributed by atoms with E-state index in [1.54, 1.807) is 13.0 Å². The van der Waals surface area contributed by atoms with Crippen molar-refractivity contribution in [3.05, 3.63) is 40.5 Å². The lowest BCUT2D eigenvalue weighted by atomic mass is 10.4. The van der Waals surface area contributed by atoms with E-state index in [0.29, 0.717) is 15.9 Å². The number of hydrogen-bond acceptors (Lipinski definition) is 5. The van der Waals surface area contributed by atoms with Crippen molar-refractivity contribution >= 4 is 26.0 Å². The summed E-state index contributed by atoms with van der Waals surface area (Å²) in [4.78, 5) is 3.90. The second-order valence-electron chi connectivity index (χ2n) is 3.60. The molecule has 0 radical (unpaired) electrons. The topological polar surface area (TPSA) is 85.1 Å². The average Bonchev–Trinajstić information content (AvgIpc) is 2.73. The average molecular weight is 332 g/mol. The van der Waals surface area contributed by atoms with Gasteiger partial charge in [-0.1, -0.05) is 5.16 Å². The summed E-state index contributed by atoms with van der Waals surface area (Å²) in [5, 5.41) is 3.67. The number of nitrogens with one attached hydrogen (secondary N) is 1. The van der Waals surface area contributed by atoms with Gasteiger partial charge in [0.25, 0.3) is 0 Å². The van der Waals surface area contributed by atoms with Gasteiger partial charge >= 0.3 is 0 Å². The van der Waals surface area contributed by atoms with E-state index in [2.05, 4.69) is 30.8 Å². The Labute approximate surface area is 113 Å². The lowest BCUT2D eigenvalue weighted by molar-refractivity contribution is 0.377. The molecule has 0 aliphatic rings. The minimum Gasteiger partial charge on any atom is -0.360 e. The first kappa shape index (κ1) is 13.2. The van der Waals surface area contributed by atoms with E-state index in [9.17, 15) is 8.42 Å². The summed E-state index contributed by atoms with van der Waals surface area (Å²) in [7, 11) is -3.60. The van der Waals surface area contributed by atoms with Crippen LogP contribution >= 0.6 is 15.9 Å². The first-order chi connectivity index (χ1) is 8.47. The van der Waals surface area contributed by atoms with Gasteiger partial charge in [-0.15, -0.1) is 0 Å². The molecule has 0 atom stereocenters. The molecule has 0 aromatic carbocycles. The maximum Gasteiger partial charge on any atom is 0.242 e. The predicted octanol–water partition coefficient (Wildman–Crippen LogP) is 1.62. The van der Waals surface area contributed by atoms with E-state index < -0.39 is 10.0 Å². The van der Waals surface area contributed by atoms with E-state index >= 15 is 0 Å². The normalized spacial score (nSPS) is 11.7. The number of aromatic nitrogens is 2. The summed E-state index contributed by atoms with van der Waals surface area (Å²) >= 11 is 3.17. The van der Waals surface area contributed by atoms with Crippen LogP contribution in [0.5, 0.6) is 0 Å². The predicted molar refractivity (Wildman–Crippen MR) is 67.2 cm³/mol. The molecule has 2 aromatic rings. The summed E-state index contributed by atoms with van der Waals surface area (Å²) in [5.41, 5.74) is 0.702. The highest BCUT2D eigenvalue weighted by molar-refractivity contribution is 9.10. The fourth-order valence-corrected chi connectivity index (χ4v) is 2.79. The Morgan fingerprint density at radius 1 is 1.39 bits per heavy atom. The molecule has 0 unspecified atom stereocenters. The number of hydrogen-bond donors (Lipinski definition) is 1. The molecule has 1 N–H and O–H groups in total. The Hall–Kier alpha value is -1.25. The number of halogens is 1. The van der Waals surface area contributed by atoms with Gasteiger partial charge < -0.3 is 4.52 Å². The molecule has 0 aliphatic heterocycles. The Morgan fingerprint density at radius 3 is 2.78 bits per heavy atom. The van der Waals surface area contributed by atoms with Crippen molar-refractivity contribution < 1.29 is 12.9 Å². The molecule has 0 saturated heterocycles. The monoisotopic (exact) mass is 331 g/mol. The third kappa shape index (κ3) is 3.15. The molecule has 0 saturated carbocycles. The molecular weight excluding hydrogens is 322 g/mol. The molecule has 6 nitrogen and oxygen atoms in total. The minimum absolute atomic E-state index is 0.0513. The molecule has 96 valence electrons. The van der Waals surface area contributed by atoms with Gasteiger partial charge in [0, 0.05) is 22.9 Å². The SMILES string of the molecule is Cc1cc(CNS(=O)(=O)c2cncc(Br)c2)on1. The fraction of sp³-hybridized carbons (Fsp3) is 0.200. The van der Waals surface area contributed by atoms with Gasteiger partial charge in [0.05, 0.1) is 12.2 Å². The highest BCUT2D eigenvalue weighted by Crippen LogP contribution is 2.14. The van der Waals surface area contributed by atoms with Crippen molar-refractivity contribution in [2.75, 3.05) is 0 Å². The van der Waals surface area contributed by atoms with Crippen LogP contribution in [-0.4, -0.2) is 18.6 Å². The lowest BCUT2D eigenvalue weighted by Gasteiger charge is -2.04. The van der Waals surface area contributed by atoms with Gasteiger partial charge in [0.15, 0.2) is 5.76 Å². The Bertz CT molecular complexity index is 654. The highest BCUT2D eigenvalue weighted by atomic mass is 79.9. The number of nitrogens with zero attached hydrogens (tertiary/aromatic N) is 2.